The van der Waals surface area contributed by atoms with Gasteiger partial charge in [0.25, 0.3) is 11.8 Å². The van der Waals surface area contributed by atoms with Gasteiger partial charge in [-0.15, -0.1) is 0 Å². The summed E-state index contributed by atoms with van der Waals surface area (Å²) in [6, 6.07) is 1.57. The van der Waals surface area contributed by atoms with Crippen molar-refractivity contribution >= 4 is 17.5 Å². The molecule has 3 N–H and O–H groups in total. The van der Waals surface area contributed by atoms with Crippen LogP contribution in [0.3, 0.4) is 0 Å². The molecule has 1 aliphatic rings. The van der Waals surface area contributed by atoms with Gasteiger partial charge in [-0.05, 0) is 27.0 Å². The van der Waals surface area contributed by atoms with Gasteiger partial charge in [-0.25, -0.2) is 9.50 Å². The fourth-order valence-corrected chi connectivity index (χ4v) is 3.19. The highest BCUT2D eigenvalue weighted by Crippen LogP contribution is 2.18. The van der Waals surface area contributed by atoms with Gasteiger partial charge >= 0.3 is 0 Å². The first-order valence-electron chi connectivity index (χ1n) is 8.64. The van der Waals surface area contributed by atoms with Crippen LogP contribution >= 0.6 is 0 Å². The largest absolute Gasteiger partial charge is 0.365 e. The Labute approximate surface area is 152 Å². The topological polar surface area (TPSA) is 109 Å². The molecule has 3 heterocycles. The minimum atomic E-state index is -0.622. The fourth-order valence-electron chi connectivity index (χ4n) is 3.19. The molecule has 1 saturated heterocycles. The van der Waals surface area contributed by atoms with Crippen molar-refractivity contribution in [1.29, 1.82) is 0 Å². The van der Waals surface area contributed by atoms with Crippen molar-refractivity contribution in [1.82, 2.24) is 29.7 Å². The summed E-state index contributed by atoms with van der Waals surface area (Å²) in [5, 5.41) is 6.98. The lowest BCUT2D eigenvalue weighted by molar-refractivity contribution is 0.0405. The van der Waals surface area contributed by atoms with E-state index in [1.165, 1.54) is 16.9 Å². The van der Waals surface area contributed by atoms with Gasteiger partial charge in [-0.2, -0.15) is 5.10 Å². The Kier molecular flexibility index (Phi) is 4.92. The van der Waals surface area contributed by atoms with Crippen molar-refractivity contribution in [2.45, 2.75) is 19.4 Å². The van der Waals surface area contributed by atoms with Gasteiger partial charge in [0.2, 0.25) is 0 Å². The summed E-state index contributed by atoms with van der Waals surface area (Å²) in [6.07, 6.45) is 2.80. The normalized spacial score (nSPS) is 18.1. The Balaban J connectivity index is 1.63. The monoisotopic (exact) mass is 359 g/mol. The Morgan fingerprint density at radius 3 is 2.81 bits per heavy atom. The van der Waals surface area contributed by atoms with Gasteiger partial charge in [-0.3, -0.25) is 19.4 Å². The van der Waals surface area contributed by atoms with Gasteiger partial charge in [0.05, 0.1) is 6.20 Å². The number of carbonyl (C=O) groups is 2. The lowest BCUT2D eigenvalue weighted by Gasteiger charge is -2.45. The second-order valence-corrected chi connectivity index (χ2v) is 7.25. The van der Waals surface area contributed by atoms with Crippen LogP contribution in [-0.2, 0) is 0 Å². The van der Waals surface area contributed by atoms with Crippen molar-refractivity contribution in [3.63, 3.8) is 0 Å². The average Bonchev–Trinajstić information content (AvgIpc) is 3.02. The van der Waals surface area contributed by atoms with Crippen molar-refractivity contribution < 1.29 is 9.59 Å². The number of rotatable bonds is 5. The molecular weight excluding hydrogens is 334 g/mol. The zero-order chi connectivity index (χ0) is 18.9. The van der Waals surface area contributed by atoms with E-state index in [1.807, 2.05) is 0 Å². The SMILES string of the molecule is CN1CCN(CCNC(=O)c2ccnc3c(C(N)=O)cnn23)CC1(C)C. The number of nitrogens with zero attached hydrogens (tertiary/aromatic N) is 5. The van der Waals surface area contributed by atoms with Crippen LogP contribution < -0.4 is 11.1 Å². The molecule has 1 aliphatic heterocycles. The summed E-state index contributed by atoms with van der Waals surface area (Å²) < 4.78 is 1.34. The van der Waals surface area contributed by atoms with E-state index in [2.05, 4.69) is 46.1 Å². The minimum Gasteiger partial charge on any atom is -0.365 e. The van der Waals surface area contributed by atoms with E-state index >= 15 is 0 Å². The number of fused-ring (bicyclic) bond motifs is 1. The molecule has 2 aromatic rings. The molecule has 2 aromatic heterocycles. The number of amides is 2. The van der Waals surface area contributed by atoms with E-state index in [0.717, 1.165) is 26.2 Å². The van der Waals surface area contributed by atoms with Gasteiger partial charge in [0.15, 0.2) is 5.65 Å². The minimum absolute atomic E-state index is 0.125. The molecule has 9 nitrogen and oxygen atoms in total. The maximum atomic E-state index is 12.5. The molecule has 0 unspecified atom stereocenters. The van der Waals surface area contributed by atoms with Crippen LogP contribution in [0, 0.1) is 0 Å². The highest BCUT2D eigenvalue weighted by atomic mass is 16.2. The number of primary amides is 1. The fraction of sp³-hybridized carbons (Fsp3) is 0.529. The molecule has 0 radical (unpaired) electrons. The van der Waals surface area contributed by atoms with Crippen molar-refractivity contribution in [2.75, 3.05) is 39.8 Å². The molecule has 26 heavy (non-hydrogen) atoms. The molecular formula is C17H25N7O2. The Bertz CT molecular complexity index is 830. The maximum Gasteiger partial charge on any atom is 0.270 e. The predicted molar refractivity (Wildman–Crippen MR) is 97.0 cm³/mol. The third-order valence-corrected chi connectivity index (χ3v) is 5.01. The maximum absolute atomic E-state index is 12.5. The number of aromatic nitrogens is 3. The van der Waals surface area contributed by atoms with Crippen LogP contribution in [0.4, 0.5) is 0 Å². The van der Waals surface area contributed by atoms with Crippen LogP contribution in [0.15, 0.2) is 18.5 Å². The molecule has 0 aliphatic carbocycles. The average molecular weight is 359 g/mol. The van der Waals surface area contributed by atoms with E-state index in [4.69, 9.17) is 5.73 Å². The smallest absolute Gasteiger partial charge is 0.270 e. The zero-order valence-corrected chi connectivity index (χ0v) is 15.4. The summed E-state index contributed by atoms with van der Waals surface area (Å²) in [5.41, 5.74) is 6.23. The van der Waals surface area contributed by atoms with E-state index < -0.39 is 5.91 Å². The first-order valence-corrected chi connectivity index (χ1v) is 8.64. The Hall–Kier alpha value is -2.52. The summed E-state index contributed by atoms with van der Waals surface area (Å²) in [6.45, 7) is 8.71. The highest BCUT2D eigenvalue weighted by Gasteiger charge is 2.30. The van der Waals surface area contributed by atoms with Crippen LogP contribution in [0.25, 0.3) is 5.65 Å². The number of hydrogen-bond donors (Lipinski definition) is 2. The van der Waals surface area contributed by atoms with Gasteiger partial charge in [0, 0.05) is 44.5 Å². The van der Waals surface area contributed by atoms with E-state index in [1.54, 1.807) is 6.07 Å². The third kappa shape index (κ3) is 3.54. The number of piperazine rings is 1. The molecule has 0 bridgehead atoms. The summed E-state index contributed by atoms with van der Waals surface area (Å²) in [5.74, 6) is -0.882. The van der Waals surface area contributed by atoms with Crippen molar-refractivity contribution in [2.24, 2.45) is 5.73 Å². The van der Waals surface area contributed by atoms with Crippen molar-refractivity contribution in [3.05, 3.63) is 29.7 Å². The van der Waals surface area contributed by atoms with E-state index in [9.17, 15) is 9.59 Å². The zero-order valence-electron chi connectivity index (χ0n) is 15.4. The summed E-state index contributed by atoms with van der Waals surface area (Å²) in [4.78, 5) is 32.7. The quantitative estimate of drug-likeness (QED) is 0.751. The molecule has 0 atom stereocenters. The van der Waals surface area contributed by atoms with Crippen molar-refractivity contribution in [3.8, 4) is 0 Å². The molecule has 0 saturated carbocycles. The second kappa shape index (κ2) is 7.00. The molecule has 2 amide bonds. The van der Waals surface area contributed by atoms with Gasteiger partial charge in [0.1, 0.15) is 11.3 Å². The summed E-state index contributed by atoms with van der Waals surface area (Å²) in [7, 11) is 2.14. The number of nitrogens with two attached hydrogens (primary N) is 1. The van der Waals surface area contributed by atoms with Crippen LogP contribution in [0.2, 0.25) is 0 Å². The van der Waals surface area contributed by atoms with Gasteiger partial charge < -0.3 is 11.1 Å². The van der Waals surface area contributed by atoms with Crippen LogP contribution in [-0.4, -0.2) is 81.5 Å². The lowest BCUT2D eigenvalue weighted by atomic mass is 10.00. The second-order valence-electron chi connectivity index (χ2n) is 7.25. The van der Waals surface area contributed by atoms with Gasteiger partial charge in [-0.1, -0.05) is 0 Å². The predicted octanol–water partition coefficient (Wildman–Crippen LogP) is -0.416. The van der Waals surface area contributed by atoms with Crippen LogP contribution in [0.1, 0.15) is 34.7 Å². The first kappa shape index (κ1) is 18.3. The number of carbonyl (C=O) groups excluding carboxylic acids is 2. The molecule has 9 heteroatoms. The standard InChI is InChI=1S/C17H25N7O2/c1-17(2)11-23(9-8-22(17)3)7-6-20-16(26)13-4-5-19-15-12(14(18)25)10-21-24(13)15/h4-5,10H,6-9,11H2,1-3H3,(H2,18,25)(H,20,26). The highest BCUT2D eigenvalue weighted by molar-refractivity contribution is 5.99. The molecule has 3 rings (SSSR count). The number of nitrogens with one attached hydrogen (secondary N) is 1. The van der Waals surface area contributed by atoms with E-state index in [-0.39, 0.29) is 22.7 Å². The third-order valence-electron chi connectivity index (χ3n) is 5.01. The molecule has 1 fully saturated rings. The van der Waals surface area contributed by atoms with E-state index in [0.29, 0.717) is 12.2 Å². The number of likely N-dealkylation sites (N-methyl/N-ethyl adjacent to an activating group) is 1. The first-order chi connectivity index (χ1) is 12.3. The summed E-state index contributed by atoms with van der Waals surface area (Å²) >= 11 is 0. The molecule has 0 aromatic carbocycles. The Morgan fingerprint density at radius 1 is 1.35 bits per heavy atom. The Morgan fingerprint density at radius 2 is 2.12 bits per heavy atom. The number of hydrogen-bond acceptors (Lipinski definition) is 6. The molecule has 0 spiro atoms. The van der Waals surface area contributed by atoms with Crippen LogP contribution in [0.5, 0.6) is 0 Å². The molecule has 140 valence electrons. The lowest BCUT2D eigenvalue weighted by Crippen LogP contribution is -2.58.